The molecule has 0 radical (unpaired) electrons. The van der Waals surface area contributed by atoms with E-state index in [1.165, 1.54) is 4.90 Å². The molecule has 1 saturated heterocycles. The fourth-order valence-electron chi connectivity index (χ4n) is 5.39. The van der Waals surface area contributed by atoms with Crippen LogP contribution in [0.2, 0.25) is 0 Å². The van der Waals surface area contributed by atoms with Crippen LogP contribution in [0.1, 0.15) is 28.4 Å². The van der Waals surface area contributed by atoms with Gasteiger partial charge in [-0.1, -0.05) is 66.2 Å². The van der Waals surface area contributed by atoms with Crippen molar-refractivity contribution in [3.8, 4) is 0 Å². The number of aliphatic hydroxyl groups excluding tert-OH is 1. The minimum atomic E-state index is -0.905. The summed E-state index contributed by atoms with van der Waals surface area (Å²) in [6, 6.07) is 21.2. The third-order valence-corrected chi connectivity index (χ3v) is 6.86. The van der Waals surface area contributed by atoms with Crippen molar-refractivity contribution in [1.82, 2.24) is 5.01 Å². The van der Waals surface area contributed by atoms with Gasteiger partial charge in [-0.15, -0.1) is 0 Å². The number of fused-ring (bicyclic) bond motifs is 1. The fraction of sp³-hybridized carbons (Fsp3) is 0.241. The summed E-state index contributed by atoms with van der Waals surface area (Å²) in [6.07, 6.45) is 2.72. The molecule has 0 bridgehead atoms. The van der Waals surface area contributed by atoms with Gasteiger partial charge in [0.2, 0.25) is 5.91 Å². The molecule has 1 fully saturated rings. The summed E-state index contributed by atoms with van der Waals surface area (Å²) >= 11 is 0. The molecule has 4 atom stereocenters. The van der Waals surface area contributed by atoms with Crippen molar-refractivity contribution in [2.24, 2.45) is 5.92 Å². The van der Waals surface area contributed by atoms with E-state index in [4.69, 9.17) is 0 Å². The lowest BCUT2D eigenvalue weighted by Gasteiger charge is -2.41. The smallest absolute Gasteiger partial charge is 0.254 e. The molecule has 5 rings (SSSR count). The van der Waals surface area contributed by atoms with Gasteiger partial charge < -0.3 is 10.5 Å². The predicted octanol–water partition coefficient (Wildman–Crippen LogP) is 4.47. The van der Waals surface area contributed by atoms with Crippen LogP contribution in [0.3, 0.4) is 0 Å². The van der Waals surface area contributed by atoms with Gasteiger partial charge in [-0.25, -0.2) is 9.91 Å². The first-order chi connectivity index (χ1) is 16.9. The van der Waals surface area contributed by atoms with Gasteiger partial charge in [-0.05, 0) is 61.7 Å². The number of carbonyl (C=O) groups excluding carboxylic acids is 2. The second-order valence-electron chi connectivity index (χ2n) is 9.34. The number of amides is 2. The van der Waals surface area contributed by atoms with Crippen molar-refractivity contribution in [3.05, 3.63) is 107 Å². The van der Waals surface area contributed by atoms with Crippen LogP contribution in [0.4, 0.5) is 11.4 Å². The van der Waals surface area contributed by atoms with E-state index in [0.717, 1.165) is 27.9 Å². The maximum absolute atomic E-state index is 13.7. The zero-order chi connectivity index (χ0) is 24.7. The van der Waals surface area contributed by atoms with Crippen LogP contribution < -0.4 is 10.3 Å². The van der Waals surface area contributed by atoms with Crippen molar-refractivity contribution >= 4 is 23.2 Å². The van der Waals surface area contributed by atoms with Crippen LogP contribution in [-0.2, 0) is 9.59 Å². The van der Waals surface area contributed by atoms with Crippen LogP contribution in [-0.4, -0.2) is 34.0 Å². The van der Waals surface area contributed by atoms with Gasteiger partial charge in [-0.3, -0.25) is 9.59 Å². The highest BCUT2D eigenvalue weighted by Crippen LogP contribution is 2.39. The molecule has 178 valence electrons. The Bertz CT molecular complexity index is 1270. The van der Waals surface area contributed by atoms with E-state index in [2.05, 4.69) is 17.6 Å². The monoisotopic (exact) mass is 467 g/mol. The number of hydrogen-bond donors (Lipinski definition) is 2. The number of aliphatic hydroxyl groups is 1. The van der Waals surface area contributed by atoms with E-state index in [1.807, 2.05) is 75.4 Å². The molecule has 0 spiro atoms. The quantitative estimate of drug-likeness (QED) is 0.428. The number of imide groups is 1. The third-order valence-electron chi connectivity index (χ3n) is 6.86. The molecule has 2 amide bonds. The Morgan fingerprint density at radius 2 is 1.43 bits per heavy atom. The maximum Gasteiger partial charge on any atom is 0.254 e. The zero-order valence-electron chi connectivity index (χ0n) is 20.1. The second-order valence-corrected chi connectivity index (χ2v) is 9.34. The van der Waals surface area contributed by atoms with E-state index >= 15 is 0 Å². The molecular formula is C29H29N3O3. The number of rotatable bonds is 5. The van der Waals surface area contributed by atoms with Crippen molar-refractivity contribution in [2.75, 3.05) is 10.3 Å². The van der Waals surface area contributed by atoms with Gasteiger partial charge in [0.15, 0.2) is 0 Å². The van der Waals surface area contributed by atoms with E-state index in [0.29, 0.717) is 5.69 Å². The summed E-state index contributed by atoms with van der Waals surface area (Å²) in [5.74, 6) is -1.23. The number of hydrazine groups is 1. The first-order valence-corrected chi connectivity index (χ1v) is 11.8. The van der Waals surface area contributed by atoms with Crippen molar-refractivity contribution in [2.45, 2.75) is 39.0 Å². The molecule has 3 aromatic rings. The lowest BCUT2D eigenvalue weighted by atomic mass is 9.87. The first-order valence-electron chi connectivity index (χ1n) is 11.8. The molecule has 2 aliphatic rings. The molecule has 2 heterocycles. The predicted molar refractivity (Wildman–Crippen MR) is 137 cm³/mol. The van der Waals surface area contributed by atoms with Crippen LogP contribution >= 0.6 is 0 Å². The number of carbonyl (C=O) groups is 2. The molecule has 3 aromatic carbocycles. The number of aryl methyl sites for hydroxylation is 3. The van der Waals surface area contributed by atoms with Crippen LogP contribution in [0.5, 0.6) is 0 Å². The molecule has 2 N–H and O–H groups in total. The Morgan fingerprint density at radius 1 is 0.829 bits per heavy atom. The van der Waals surface area contributed by atoms with Gasteiger partial charge in [0, 0.05) is 5.69 Å². The second kappa shape index (κ2) is 9.13. The Kier molecular flexibility index (Phi) is 6.01. The summed E-state index contributed by atoms with van der Waals surface area (Å²) in [5.41, 5.74) is 8.61. The van der Waals surface area contributed by atoms with Crippen LogP contribution in [0.25, 0.3) is 0 Å². The van der Waals surface area contributed by atoms with Crippen molar-refractivity contribution < 1.29 is 14.7 Å². The molecule has 6 heteroatoms. The highest BCUT2D eigenvalue weighted by molar-refractivity contribution is 6.24. The number of para-hydroxylation sites is 2. The molecule has 0 saturated carbocycles. The van der Waals surface area contributed by atoms with E-state index in [1.54, 1.807) is 23.2 Å². The molecule has 0 aliphatic carbocycles. The average Bonchev–Trinajstić information content (AvgIpc) is 3.09. The summed E-state index contributed by atoms with van der Waals surface area (Å²) in [7, 11) is 0. The zero-order valence-corrected chi connectivity index (χ0v) is 20.1. The number of benzene rings is 3. The average molecular weight is 468 g/mol. The Morgan fingerprint density at radius 3 is 2.06 bits per heavy atom. The Hall–Kier alpha value is -3.74. The van der Waals surface area contributed by atoms with E-state index in [9.17, 15) is 14.7 Å². The summed E-state index contributed by atoms with van der Waals surface area (Å²) in [4.78, 5) is 28.4. The lowest BCUT2D eigenvalue weighted by Crippen LogP contribution is -2.55. The molecule has 0 aromatic heterocycles. The molecule has 2 aliphatic heterocycles. The minimum absolute atomic E-state index is 0.266. The highest BCUT2D eigenvalue weighted by atomic mass is 16.3. The van der Waals surface area contributed by atoms with E-state index < -0.39 is 24.1 Å². The minimum Gasteiger partial charge on any atom is -0.386 e. The van der Waals surface area contributed by atoms with Crippen LogP contribution in [0, 0.1) is 26.7 Å². The van der Waals surface area contributed by atoms with E-state index in [-0.39, 0.29) is 11.8 Å². The number of nitrogens with one attached hydrogen (secondary N) is 1. The number of anilines is 2. The Labute approximate surface area is 205 Å². The van der Waals surface area contributed by atoms with Gasteiger partial charge in [0.1, 0.15) is 12.1 Å². The highest BCUT2D eigenvalue weighted by Gasteiger charge is 2.54. The van der Waals surface area contributed by atoms with Gasteiger partial charge >= 0.3 is 0 Å². The lowest BCUT2D eigenvalue weighted by molar-refractivity contribution is -0.123. The molecular weight excluding hydrogens is 438 g/mol. The number of hydrogen-bond acceptors (Lipinski definition) is 5. The molecule has 4 unspecified atom stereocenters. The normalized spacial score (nSPS) is 22.9. The fourth-order valence-corrected chi connectivity index (χ4v) is 5.39. The van der Waals surface area contributed by atoms with Crippen LogP contribution in [0.15, 0.2) is 84.9 Å². The van der Waals surface area contributed by atoms with Gasteiger partial charge in [-0.2, -0.15) is 0 Å². The largest absolute Gasteiger partial charge is 0.386 e. The van der Waals surface area contributed by atoms with Gasteiger partial charge in [0.05, 0.1) is 17.6 Å². The first kappa shape index (κ1) is 23.0. The summed E-state index contributed by atoms with van der Waals surface area (Å²) < 4.78 is 0. The third kappa shape index (κ3) is 4.05. The van der Waals surface area contributed by atoms with Crippen molar-refractivity contribution in [3.63, 3.8) is 0 Å². The Balaban J connectivity index is 1.57. The maximum atomic E-state index is 13.7. The standard InChI is InChI=1S/C29H29N3O3/c1-18-16-19(2)25(20(3)17-18)27(33)24-15-14-23-26(32(24)30-21-10-6-4-7-11-21)29(35)31(28(23)34)22-12-8-5-9-13-22/h4-17,23-24,26-27,30,33H,1-3H3. The molecule has 6 nitrogen and oxygen atoms in total. The topological polar surface area (TPSA) is 72.9 Å². The van der Waals surface area contributed by atoms with Gasteiger partial charge in [0.25, 0.3) is 5.91 Å². The summed E-state index contributed by atoms with van der Waals surface area (Å²) in [6.45, 7) is 6.01. The number of nitrogens with zero attached hydrogens (tertiary/aromatic N) is 2. The SMILES string of the molecule is Cc1cc(C)c(C(O)C2C=CC3C(=O)N(c4ccccc4)C(=O)C3N2Nc2ccccc2)c(C)c1. The molecule has 35 heavy (non-hydrogen) atoms. The summed E-state index contributed by atoms with van der Waals surface area (Å²) in [5, 5.41) is 13.4. The van der Waals surface area contributed by atoms with Crippen molar-refractivity contribution in [1.29, 1.82) is 0 Å².